The Labute approximate surface area is 100.0 Å². The van der Waals surface area contributed by atoms with Crippen molar-refractivity contribution >= 4 is 28.5 Å². The highest BCUT2D eigenvalue weighted by Crippen LogP contribution is 2.03. The van der Waals surface area contributed by atoms with E-state index in [9.17, 15) is 14.4 Å². The summed E-state index contributed by atoms with van der Waals surface area (Å²) in [4.78, 5) is 33.6. The first-order chi connectivity index (χ1) is 7.65. The number of nitrogens with zero attached hydrogens (tertiary/aromatic N) is 1. The first-order valence-corrected chi connectivity index (χ1v) is 5.59. The van der Waals surface area contributed by atoms with Crippen LogP contribution in [-0.2, 0) is 21.4 Å². The number of aromatic amines is 1. The molecule has 1 aromatic heterocycles. The summed E-state index contributed by atoms with van der Waals surface area (Å²) in [7, 11) is 0. The van der Waals surface area contributed by atoms with Crippen molar-refractivity contribution in [3.05, 3.63) is 21.6 Å². The lowest BCUT2D eigenvalue weighted by Crippen LogP contribution is -2.19. The molecule has 84 valence electrons. The molecule has 1 N–H and O–H groups in total. The van der Waals surface area contributed by atoms with Gasteiger partial charge in [-0.1, -0.05) is 0 Å². The quantitative estimate of drug-likeness (QED) is 0.414. The van der Waals surface area contributed by atoms with Crippen LogP contribution < -0.4 is 5.56 Å². The third kappa shape index (κ3) is 2.43. The maximum Gasteiger partial charge on any atom is 0.356 e. The van der Waals surface area contributed by atoms with Gasteiger partial charge in [0.2, 0.25) is 0 Å². The fraction of sp³-hybridized carbons (Fsp3) is 0.444. The van der Waals surface area contributed by atoms with Crippen molar-refractivity contribution in [2.75, 3.05) is 6.61 Å². The summed E-state index contributed by atoms with van der Waals surface area (Å²) < 4.78 is 6.01. The van der Waals surface area contributed by atoms with Crippen LogP contribution in [0.4, 0.5) is 0 Å². The lowest BCUT2D eigenvalue weighted by atomic mass is 10.2. The fourth-order valence-corrected chi connectivity index (χ4v) is 1.55. The number of hydrogen-bond donors (Lipinski definition) is 1. The van der Waals surface area contributed by atoms with Crippen molar-refractivity contribution in [1.82, 2.24) is 9.78 Å². The van der Waals surface area contributed by atoms with Crippen LogP contribution in [0.3, 0.4) is 0 Å². The van der Waals surface area contributed by atoms with Crippen LogP contribution in [0.15, 0.2) is 4.79 Å². The van der Waals surface area contributed by atoms with Gasteiger partial charge in [-0.05, 0) is 12.3 Å². The molecule has 0 aromatic carbocycles. The Morgan fingerprint density at radius 2 is 2.31 bits per heavy atom. The molecule has 1 aromatic rings. The summed E-state index contributed by atoms with van der Waals surface area (Å²) in [5.41, 5.74) is -0.164. The van der Waals surface area contributed by atoms with Crippen LogP contribution in [-0.4, -0.2) is 44.9 Å². The number of hydrogen-bond acceptors (Lipinski definition) is 4. The molecule has 0 saturated carbocycles. The van der Waals surface area contributed by atoms with E-state index in [4.69, 9.17) is 4.74 Å². The normalized spacial score (nSPS) is 10.1. The van der Waals surface area contributed by atoms with Crippen LogP contribution in [0, 0.1) is 0 Å². The number of esters is 1. The molecular weight excluding hydrogens is 227 g/mol. The number of nitrogens with one attached hydrogen (secondary N) is 1. The molecule has 0 bridgehead atoms. The highest BCUT2D eigenvalue weighted by Gasteiger charge is 2.19. The van der Waals surface area contributed by atoms with Crippen molar-refractivity contribution in [1.29, 1.82) is 0 Å². The Morgan fingerprint density at radius 1 is 1.62 bits per heavy atom. The van der Waals surface area contributed by atoms with Crippen LogP contribution in [0.25, 0.3) is 0 Å². The molecule has 0 spiro atoms. The SMILES string of the molecule is CCOC(=O)c1[nH]n([CH2][Al])c(=O)c1CC=O. The topological polar surface area (TPSA) is 81.2 Å². The molecule has 6 nitrogen and oxygen atoms in total. The average Bonchev–Trinajstić information content (AvgIpc) is 2.57. The second-order valence-corrected chi connectivity index (χ2v) is 3.34. The predicted molar refractivity (Wildman–Crippen MR) is 56.5 cm³/mol. The molecule has 1 heterocycles. The van der Waals surface area contributed by atoms with Crippen LogP contribution >= 0.6 is 0 Å². The van der Waals surface area contributed by atoms with Gasteiger partial charge in [-0.2, -0.15) is 0 Å². The number of carbonyl (C=O) groups excluding carboxylic acids is 2. The Morgan fingerprint density at radius 3 is 2.81 bits per heavy atom. The van der Waals surface area contributed by atoms with Gasteiger partial charge < -0.3 is 9.53 Å². The largest absolute Gasteiger partial charge is 0.461 e. The number of H-pyrrole nitrogens is 1. The molecule has 0 saturated heterocycles. The molecular formula is C9H11AlN2O4. The monoisotopic (exact) mass is 238 g/mol. The van der Waals surface area contributed by atoms with Gasteiger partial charge in [0.25, 0.3) is 5.56 Å². The van der Waals surface area contributed by atoms with Gasteiger partial charge in [0.15, 0.2) is 16.3 Å². The molecule has 16 heavy (non-hydrogen) atoms. The molecule has 0 atom stereocenters. The highest BCUT2D eigenvalue weighted by molar-refractivity contribution is 6.06. The van der Waals surface area contributed by atoms with Gasteiger partial charge >= 0.3 is 5.97 Å². The second kappa shape index (κ2) is 5.68. The van der Waals surface area contributed by atoms with E-state index in [1.54, 1.807) is 6.92 Å². The number of rotatable bonds is 5. The van der Waals surface area contributed by atoms with Crippen LogP contribution in [0.1, 0.15) is 23.0 Å². The van der Waals surface area contributed by atoms with Crippen LogP contribution in [0.5, 0.6) is 0 Å². The smallest absolute Gasteiger partial charge is 0.356 e. The molecule has 0 aliphatic carbocycles. The summed E-state index contributed by atoms with van der Waals surface area (Å²) in [5.74, 6) is -0.617. The average molecular weight is 238 g/mol. The zero-order chi connectivity index (χ0) is 12.1. The van der Waals surface area contributed by atoms with Crippen molar-refractivity contribution in [2.45, 2.75) is 18.8 Å². The zero-order valence-corrected chi connectivity index (χ0v) is 10.0. The summed E-state index contributed by atoms with van der Waals surface area (Å²) in [6.45, 7) is 1.88. The predicted octanol–water partition coefficient (Wildman–Crippen LogP) is -0.780. The Hall–Kier alpha value is -1.32. The minimum Gasteiger partial charge on any atom is -0.461 e. The van der Waals surface area contributed by atoms with Crippen molar-refractivity contribution in [3.63, 3.8) is 0 Å². The van der Waals surface area contributed by atoms with E-state index in [0.29, 0.717) is 11.7 Å². The van der Waals surface area contributed by atoms with Gasteiger partial charge in [0.05, 0.1) is 12.2 Å². The molecule has 1 rings (SSSR count). The molecule has 0 aliphatic rings. The van der Waals surface area contributed by atoms with Gasteiger partial charge in [-0.15, -0.1) is 0 Å². The number of aldehydes is 1. The summed E-state index contributed by atoms with van der Waals surface area (Å²) in [6, 6.07) is 0. The Kier molecular flexibility index (Phi) is 4.53. The summed E-state index contributed by atoms with van der Waals surface area (Å²) >= 11 is 2.35. The zero-order valence-electron chi connectivity index (χ0n) is 8.86. The maximum atomic E-state index is 11.7. The lowest BCUT2D eigenvalue weighted by Gasteiger charge is -2.00. The van der Waals surface area contributed by atoms with Gasteiger partial charge in [0.1, 0.15) is 12.0 Å². The van der Waals surface area contributed by atoms with Crippen LogP contribution in [0.2, 0.25) is 0 Å². The van der Waals surface area contributed by atoms with E-state index in [0.717, 1.165) is 0 Å². The minimum absolute atomic E-state index is 0.0569. The summed E-state index contributed by atoms with van der Waals surface area (Å²) in [6.07, 6.45) is 0.488. The van der Waals surface area contributed by atoms with E-state index < -0.39 is 5.97 Å². The van der Waals surface area contributed by atoms with Crippen molar-refractivity contribution < 1.29 is 14.3 Å². The van der Waals surface area contributed by atoms with E-state index in [2.05, 4.69) is 21.4 Å². The Bertz CT molecular complexity index is 449. The van der Waals surface area contributed by atoms with Crippen molar-refractivity contribution in [2.24, 2.45) is 0 Å². The standard InChI is InChI=1S/C9H11N2O4.Al/c1-3-15-9(14)7-6(4-5-12)8(13)11(2)10-7;/h5,10H,2-4H2,1H3;. The number of carbonyl (C=O) groups is 2. The van der Waals surface area contributed by atoms with E-state index >= 15 is 0 Å². The summed E-state index contributed by atoms with van der Waals surface area (Å²) in [5, 5.41) is 2.94. The molecule has 0 aliphatic heterocycles. The second-order valence-electron chi connectivity index (χ2n) is 2.97. The molecule has 0 fully saturated rings. The first-order valence-electron chi connectivity index (χ1n) is 4.78. The third-order valence-electron chi connectivity index (χ3n) is 2.00. The first kappa shape index (κ1) is 12.8. The molecule has 7 heteroatoms. The van der Waals surface area contributed by atoms with Gasteiger partial charge in [-0.25, -0.2) is 4.79 Å². The molecule has 0 amide bonds. The fourth-order valence-electron chi connectivity index (χ4n) is 1.30. The third-order valence-corrected chi connectivity index (χ3v) is 2.37. The highest BCUT2D eigenvalue weighted by atomic mass is 27.0. The van der Waals surface area contributed by atoms with E-state index in [-0.39, 0.29) is 29.8 Å². The molecule has 0 unspecified atom stereocenters. The van der Waals surface area contributed by atoms with Gasteiger partial charge in [-0.3, -0.25) is 14.6 Å². The minimum atomic E-state index is -0.617. The van der Waals surface area contributed by atoms with Gasteiger partial charge in [0, 0.05) is 6.42 Å². The van der Waals surface area contributed by atoms with E-state index in [1.165, 1.54) is 4.68 Å². The van der Waals surface area contributed by atoms with Crippen molar-refractivity contribution in [3.8, 4) is 0 Å². The maximum absolute atomic E-state index is 11.7. The number of ether oxygens (including phenoxy) is 1. The molecule has 2 radical (unpaired) electrons. The number of aromatic nitrogens is 2. The lowest BCUT2D eigenvalue weighted by molar-refractivity contribution is -0.107. The van der Waals surface area contributed by atoms with E-state index in [1.807, 2.05) is 0 Å². The Balaban J connectivity index is 3.20.